The SMILES string of the molecule is CC(C)(C)C(=O)Nc1ccc2n(c1=O)CC1CNCC2C1. The standard InChI is InChI=1S/C16H23N3O2/c1-16(2,3)15(21)18-12-4-5-13-11-6-10(7-17-8-11)9-19(13)14(12)20/h4-5,10-11,17H,6-9H2,1-3H3,(H,18,21). The minimum absolute atomic E-state index is 0.0679. The molecule has 0 saturated carbocycles. The van der Waals surface area contributed by atoms with Crippen molar-refractivity contribution in [3.8, 4) is 0 Å². The fourth-order valence-corrected chi connectivity index (χ4v) is 3.20. The fraction of sp³-hybridized carbons (Fsp3) is 0.625. The van der Waals surface area contributed by atoms with Crippen LogP contribution in [0.25, 0.3) is 0 Å². The Kier molecular flexibility index (Phi) is 3.40. The van der Waals surface area contributed by atoms with Crippen LogP contribution in [0.2, 0.25) is 0 Å². The lowest BCUT2D eigenvalue weighted by Gasteiger charge is -2.37. The van der Waals surface area contributed by atoms with Crippen LogP contribution in [0.3, 0.4) is 0 Å². The van der Waals surface area contributed by atoms with E-state index in [1.165, 1.54) is 0 Å². The van der Waals surface area contributed by atoms with Crippen LogP contribution in [0.1, 0.15) is 38.8 Å². The van der Waals surface area contributed by atoms with Gasteiger partial charge < -0.3 is 15.2 Å². The summed E-state index contributed by atoms with van der Waals surface area (Å²) in [6.07, 6.45) is 1.15. The lowest BCUT2D eigenvalue weighted by molar-refractivity contribution is -0.123. The number of fused-ring (bicyclic) bond motifs is 4. The van der Waals surface area contributed by atoms with Gasteiger partial charge in [-0.15, -0.1) is 0 Å². The molecule has 114 valence electrons. The van der Waals surface area contributed by atoms with Gasteiger partial charge in [0, 0.05) is 30.1 Å². The van der Waals surface area contributed by atoms with Crippen molar-refractivity contribution in [1.82, 2.24) is 9.88 Å². The van der Waals surface area contributed by atoms with Gasteiger partial charge in [-0.3, -0.25) is 9.59 Å². The normalized spacial score (nSPS) is 24.3. The van der Waals surface area contributed by atoms with Gasteiger partial charge in [-0.1, -0.05) is 20.8 Å². The number of rotatable bonds is 1. The van der Waals surface area contributed by atoms with Crippen LogP contribution in [0.4, 0.5) is 5.69 Å². The van der Waals surface area contributed by atoms with Crippen molar-refractivity contribution in [1.29, 1.82) is 0 Å². The highest BCUT2D eigenvalue weighted by Crippen LogP contribution is 2.32. The molecule has 0 aliphatic carbocycles. The molecule has 1 aromatic heterocycles. The van der Waals surface area contributed by atoms with E-state index in [1.807, 2.05) is 31.4 Å². The Labute approximate surface area is 124 Å². The van der Waals surface area contributed by atoms with E-state index < -0.39 is 5.41 Å². The molecule has 0 radical (unpaired) electrons. The van der Waals surface area contributed by atoms with Crippen molar-refractivity contribution in [2.75, 3.05) is 18.4 Å². The van der Waals surface area contributed by atoms with Crippen LogP contribution in [-0.2, 0) is 11.3 Å². The van der Waals surface area contributed by atoms with Gasteiger partial charge in [0.15, 0.2) is 0 Å². The third kappa shape index (κ3) is 2.62. The zero-order valence-corrected chi connectivity index (χ0v) is 12.9. The van der Waals surface area contributed by atoms with Crippen molar-refractivity contribution in [2.45, 2.75) is 39.7 Å². The molecular formula is C16H23N3O2. The van der Waals surface area contributed by atoms with Gasteiger partial charge in [0.1, 0.15) is 5.69 Å². The zero-order chi connectivity index (χ0) is 15.2. The van der Waals surface area contributed by atoms with Crippen molar-refractivity contribution in [3.63, 3.8) is 0 Å². The first-order valence-corrected chi connectivity index (χ1v) is 7.62. The Morgan fingerprint density at radius 1 is 1.33 bits per heavy atom. The molecule has 0 aromatic carbocycles. The number of carbonyl (C=O) groups excluding carboxylic acids is 1. The number of pyridine rings is 1. The highest BCUT2D eigenvalue weighted by Gasteiger charge is 2.31. The number of nitrogens with zero attached hydrogens (tertiary/aromatic N) is 1. The van der Waals surface area contributed by atoms with Crippen LogP contribution in [0.5, 0.6) is 0 Å². The summed E-state index contributed by atoms with van der Waals surface area (Å²) >= 11 is 0. The van der Waals surface area contributed by atoms with Crippen LogP contribution >= 0.6 is 0 Å². The number of nitrogens with one attached hydrogen (secondary N) is 2. The predicted molar refractivity (Wildman–Crippen MR) is 82.5 cm³/mol. The number of hydrogen-bond donors (Lipinski definition) is 2. The minimum atomic E-state index is -0.507. The Hall–Kier alpha value is -1.62. The third-order valence-electron chi connectivity index (χ3n) is 4.44. The average Bonchev–Trinajstić information content (AvgIpc) is 2.42. The number of carbonyl (C=O) groups is 1. The molecule has 0 spiro atoms. The highest BCUT2D eigenvalue weighted by molar-refractivity contribution is 5.94. The molecule has 2 unspecified atom stereocenters. The molecule has 3 heterocycles. The van der Waals surface area contributed by atoms with E-state index in [0.717, 1.165) is 31.7 Å². The monoisotopic (exact) mass is 289 g/mol. The van der Waals surface area contributed by atoms with Gasteiger partial charge in [0.25, 0.3) is 5.56 Å². The lowest BCUT2D eigenvalue weighted by atomic mass is 9.84. The molecule has 5 heteroatoms. The second-order valence-electron chi connectivity index (χ2n) is 7.25. The van der Waals surface area contributed by atoms with Crippen molar-refractivity contribution < 1.29 is 4.79 Å². The molecule has 2 atom stereocenters. The second kappa shape index (κ2) is 4.98. The van der Waals surface area contributed by atoms with E-state index in [2.05, 4.69) is 10.6 Å². The molecule has 2 aliphatic heterocycles. The molecule has 2 bridgehead atoms. The quantitative estimate of drug-likeness (QED) is 0.824. The minimum Gasteiger partial charge on any atom is -0.321 e. The largest absolute Gasteiger partial charge is 0.321 e. The first-order valence-electron chi connectivity index (χ1n) is 7.62. The summed E-state index contributed by atoms with van der Waals surface area (Å²) in [7, 11) is 0. The summed E-state index contributed by atoms with van der Waals surface area (Å²) in [5.74, 6) is 0.804. The maximum atomic E-state index is 12.6. The van der Waals surface area contributed by atoms with E-state index in [4.69, 9.17) is 0 Å². The molecule has 1 aromatic rings. The number of aromatic nitrogens is 1. The fourth-order valence-electron chi connectivity index (χ4n) is 3.20. The average molecular weight is 289 g/mol. The Morgan fingerprint density at radius 3 is 2.81 bits per heavy atom. The molecule has 1 saturated heterocycles. The highest BCUT2D eigenvalue weighted by atomic mass is 16.2. The summed E-state index contributed by atoms with van der Waals surface area (Å²) in [4.78, 5) is 24.7. The molecule has 1 amide bonds. The molecule has 2 aliphatic rings. The van der Waals surface area contributed by atoms with Gasteiger partial charge in [0.05, 0.1) is 0 Å². The molecule has 1 fully saturated rings. The number of anilines is 1. The zero-order valence-electron chi connectivity index (χ0n) is 12.9. The smallest absolute Gasteiger partial charge is 0.274 e. The lowest BCUT2D eigenvalue weighted by Crippen LogP contribution is -2.45. The van der Waals surface area contributed by atoms with E-state index in [-0.39, 0.29) is 11.5 Å². The predicted octanol–water partition coefficient (Wildman–Crippen LogP) is 1.54. The second-order valence-corrected chi connectivity index (χ2v) is 7.25. The molecule has 21 heavy (non-hydrogen) atoms. The van der Waals surface area contributed by atoms with Crippen LogP contribution < -0.4 is 16.2 Å². The Bertz CT molecular complexity index is 627. The summed E-state index contributed by atoms with van der Waals surface area (Å²) in [6.45, 7) is 8.18. The Balaban J connectivity index is 1.94. The molecule has 5 nitrogen and oxygen atoms in total. The van der Waals surface area contributed by atoms with Crippen LogP contribution in [-0.4, -0.2) is 23.6 Å². The van der Waals surface area contributed by atoms with Gasteiger partial charge in [-0.2, -0.15) is 0 Å². The topological polar surface area (TPSA) is 63.1 Å². The van der Waals surface area contributed by atoms with Crippen LogP contribution in [0.15, 0.2) is 16.9 Å². The molecule has 2 N–H and O–H groups in total. The van der Waals surface area contributed by atoms with Gasteiger partial charge in [-0.05, 0) is 31.0 Å². The molecule has 3 rings (SSSR count). The van der Waals surface area contributed by atoms with Crippen LogP contribution in [0, 0.1) is 11.3 Å². The van der Waals surface area contributed by atoms with E-state index in [0.29, 0.717) is 17.5 Å². The molecular weight excluding hydrogens is 266 g/mol. The van der Waals surface area contributed by atoms with Gasteiger partial charge in [0.2, 0.25) is 5.91 Å². The van der Waals surface area contributed by atoms with Crippen molar-refractivity contribution >= 4 is 11.6 Å². The first-order chi connectivity index (χ1) is 9.86. The van der Waals surface area contributed by atoms with E-state index in [1.54, 1.807) is 6.07 Å². The van der Waals surface area contributed by atoms with E-state index in [9.17, 15) is 9.59 Å². The summed E-state index contributed by atoms with van der Waals surface area (Å²) in [5.41, 5.74) is 0.915. The number of hydrogen-bond acceptors (Lipinski definition) is 3. The van der Waals surface area contributed by atoms with Crippen molar-refractivity contribution in [3.05, 3.63) is 28.2 Å². The first kappa shape index (κ1) is 14.3. The number of amides is 1. The maximum Gasteiger partial charge on any atom is 0.274 e. The Morgan fingerprint density at radius 2 is 2.10 bits per heavy atom. The summed E-state index contributed by atoms with van der Waals surface area (Å²) in [5, 5.41) is 6.21. The van der Waals surface area contributed by atoms with Crippen molar-refractivity contribution in [2.24, 2.45) is 11.3 Å². The van der Waals surface area contributed by atoms with Gasteiger partial charge in [-0.25, -0.2) is 0 Å². The third-order valence-corrected chi connectivity index (χ3v) is 4.44. The van der Waals surface area contributed by atoms with Gasteiger partial charge >= 0.3 is 0 Å². The maximum absolute atomic E-state index is 12.6. The van der Waals surface area contributed by atoms with E-state index >= 15 is 0 Å². The summed E-state index contributed by atoms with van der Waals surface area (Å²) < 4.78 is 1.86. The summed E-state index contributed by atoms with van der Waals surface area (Å²) in [6, 6.07) is 3.75. The number of piperidine rings is 1.